The van der Waals surface area contributed by atoms with E-state index < -0.39 is 24.0 Å². The van der Waals surface area contributed by atoms with Gasteiger partial charge in [-0.1, -0.05) is 0 Å². The minimum Gasteiger partial charge on any atom is -0.467 e. The fourth-order valence-electron chi connectivity index (χ4n) is 2.28. The maximum atomic E-state index is 13.1. The normalized spacial score (nSPS) is 20.5. The molecule has 0 aromatic carbocycles. The summed E-state index contributed by atoms with van der Waals surface area (Å²) in [6.45, 7) is 2.05. The zero-order valence-electron chi connectivity index (χ0n) is 13.9. The second kappa shape index (κ2) is 8.36. The van der Waals surface area contributed by atoms with Crippen molar-refractivity contribution in [2.24, 2.45) is 0 Å². The van der Waals surface area contributed by atoms with E-state index in [2.05, 4.69) is 25.9 Å². The van der Waals surface area contributed by atoms with E-state index in [0.717, 1.165) is 0 Å². The smallest absolute Gasteiger partial charge is 0.316 e. The molecule has 25 heavy (non-hydrogen) atoms. The van der Waals surface area contributed by atoms with E-state index in [1.165, 1.54) is 19.4 Å². The fraction of sp³-hybridized carbons (Fsp3) is 0.533. The number of nitrogens with one attached hydrogen (secondary N) is 3. The first-order valence-corrected chi connectivity index (χ1v) is 7.80. The summed E-state index contributed by atoms with van der Waals surface area (Å²) >= 11 is 0. The summed E-state index contributed by atoms with van der Waals surface area (Å²) in [5.41, 5.74) is 0.172. The molecular weight excluding hydrogens is 333 g/mol. The van der Waals surface area contributed by atoms with E-state index in [9.17, 15) is 18.8 Å². The van der Waals surface area contributed by atoms with Gasteiger partial charge in [0, 0.05) is 25.2 Å². The number of rotatable bonds is 7. The van der Waals surface area contributed by atoms with Gasteiger partial charge in [0.05, 0.1) is 7.11 Å². The van der Waals surface area contributed by atoms with Crippen molar-refractivity contribution in [2.45, 2.75) is 38.0 Å². The summed E-state index contributed by atoms with van der Waals surface area (Å²) in [5, 5.41) is 7.64. The molecule has 1 saturated heterocycles. The Morgan fingerprint density at radius 3 is 2.92 bits per heavy atom. The van der Waals surface area contributed by atoms with Crippen LogP contribution in [0.15, 0.2) is 12.3 Å². The highest BCUT2D eigenvalue weighted by Crippen LogP contribution is 2.11. The summed E-state index contributed by atoms with van der Waals surface area (Å²) in [5.74, 6) is -1.59. The van der Waals surface area contributed by atoms with Crippen LogP contribution >= 0.6 is 0 Å². The Bertz CT molecular complexity index is 657. The van der Waals surface area contributed by atoms with Crippen molar-refractivity contribution in [3.63, 3.8) is 0 Å². The van der Waals surface area contributed by atoms with Gasteiger partial charge in [0.15, 0.2) is 6.17 Å². The third-order valence-corrected chi connectivity index (χ3v) is 3.66. The number of ether oxygens (including phenoxy) is 1. The SMILES string of the molecule is COc1nccc(C(=O)NCC[C@H](C)NC(=O)[C@@H]2C[C@@H](F)C(=O)N2)n1. The maximum Gasteiger partial charge on any atom is 0.316 e. The zero-order valence-corrected chi connectivity index (χ0v) is 13.9. The first-order chi connectivity index (χ1) is 11.9. The molecule has 0 spiro atoms. The van der Waals surface area contributed by atoms with Gasteiger partial charge in [-0.05, 0) is 19.4 Å². The Morgan fingerprint density at radius 1 is 1.52 bits per heavy atom. The van der Waals surface area contributed by atoms with E-state index in [1.807, 2.05) is 0 Å². The molecule has 136 valence electrons. The molecule has 1 aliphatic heterocycles. The number of halogens is 1. The molecule has 2 rings (SSSR count). The van der Waals surface area contributed by atoms with Crippen molar-refractivity contribution in [2.75, 3.05) is 13.7 Å². The number of methoxy groups -OCH3 is 1. The summed E-state index contributed by atoms with van der Waals surface area (Å²) in [6.07, 6.45) is 0.0657. The van der Waals surface area contributed by atoms with Crippen LogP contribution in [0.3, 0.4) is 0 Å². The van der Waals surface area contributed by atoms with Gasteiger partial charge in [-0.25, -0.2) is 9.37 Å². The molecule has 10 heteroatoms. The molecule has 9 nitrogen and oxygen atoms in total. The number of hydrogen-bond acceptors (Lipinski definition) is 6. The predicted molar refractivity (Wildman–Crippen MR) is 84.6 cm³/mol. The van der Waals surface area contributed by atoms with Crippen molar-refractivity contribution in [1.82, 2.24) is 25.9 Å². The predicted octanol–water partition coefficient (Wildman–Crippen LogP) is -0.664. The Labute approximate surface area is 143 Å². The lowest BCUT2D eigenvalue weighted by Crippen LogP contribution is -2.45. The molecule has 3 amide bonds. The number of hydrogen-bond donors (Lipinski definition) is 3. The van der Waals surface area contributed by atoms with Crippen LogP contribution in [0.1, 0.15) is 30.3 Å². The molecule has 0 bridgehead atoms. The van der Waals surface area contributed by atoms with E-state index in [0.29, 0.717) is 13.0 Å². The Balaban J connectivity index is 1.72. The van der Waals surface area contributed by atoms with E-state index >= 15 is 0 Å². The fourth-order valence-corrected chi connectivity index (χ4v) is 2.28. The molecule has 0 saturated carbocycles. The highest BCUT2D eigenvalue weighted by atomic mass is 19.1. The van der Waals surface area contributed by atoms with Gasteiger partial charge in [0.1, 0.15) is 11.7 Å². The van der Waals surface area contributed by atoms with E-state index in [4.69, 9.17) is 4.74 Å². The van der Waals surface area contributed by atoms with Gasteiger partial charge in [-0.2, -0.15) is 4.98 Å². The molecule has 1 fully saturated rings. The Hall–Kier alpha value is -2.78. The van der Waals surface area contributed by atoms with Crippen molar-refractivity contribution >= 4 is 17.7 Å². The third-order valence-electron chi connectivity index (χ3n) is 3.66. The molecule has 1 aromatic rings. The van der Waals surface area contributed by atoms with Gasteiger partial charge < -0.3 is 20.7 Å². The summed E-state index contributed by atoms with van der Waals surface area (Å²) in [4.78, 5) is 42.7. The van der Waals surface area contributed by atoms with Crippen LogP contribution < -0.4 is 20.7 Å². The van der Waals surface area contributed by atoms with Gasteiger partial charge in [0.25, 0.3) is 11.8 Å². The molecule has 0 unspecified atom stereocenters. The minimum atomic E-state index is -1.64. The summed E-state index contributed by atoms with van der Waals surface area (Å²) < 4.78 is 18.0. The van der Waals surface area contributed by atoms with Gasteiger partial charge in [-0.15, -0.1) is 0 Å². The lowest BCUT2D eigenvalue weighted by Gasteiger charge is -2.17. The second-order valence-electron chi connectivity index (χ2n) is 5.65. The number of aromatic nitrogens is 2. The van der Waals surface area contributed by atoms with Crippen LogP contribution in [0.4, 0.5) is 4.39 Å². The molecule has 1 aliphatic rings. The van der Waals surface area contributed by atoms with Crippen LogP contribution in [0.5, 0.6) is 6.01 Å². The standard InChI is InChI=1S/C15H20FN5O4/c1-8(19-14(24)11-7-9(16)12(22)20-11)3-5-17-13(23)10-4-6-18-15(21-10)25-2/h4,6,8-9,11H,3,5,7H2,1-2H3,(H,17,23)(H,19,24)(H,20,22)/t8-,9+,11-/m0/s1. The van der Waals surface area contributed by atoms with Crippen LogP contribution in [0.2, 0.25) is 0 Å². The lowest BCUT2D eigenvalue weighted by molar-refractivity contribution is -0.127. The quantitative estimate of drug-likeness (QED) is 0.598. The first kappa shape index (κ1) is 18.6. The van der Waals surface area contributed by atoms with Gasteiger partial charge in [-0.3, -0.25) is 14.4 Å². The average molecular weight is 353 g/mol. The van der Waals surface area contributed by atoms with Crippen LogP contribution in [-0.4, -0.2) is 59.6 Å². The van der Waals surface area contributed by atoms with E-state index in [-0.39, 0.29) is 30.1 Å². The first-order valence-electron chi connectivity index (χ1n) is 7.80. The van der Waals surface area contributed by atoms with Gasteiger partial charge >= 0.3 is 6.01 Å². The number of nitrogens with zero attached hydrogens (tertiary/aromatic N) is 2. The Morgan fingerprint density at radius 2 is 2.28 bits per heavy atom. The van der Waals surface area contributed by atoms with Crippen LogP contribution in [-0.2, 0) is 9.59 Å². The average Bonchev–Trinajstić information content (AvgIpc) is 2.94. The second-order valence-corrected chi connectivity index (χ2v) is 5.65. The van der Waals surface area contributed by atoms with Crippen LogP contribution in [0, 0.1) is 0 Å². The third kappa shape index (κ3) is 5.10. The molecular formula is C15H20FN5O4. The van der Waals surface area contributed by atoms with Crippen molar-refractivity contribution in [1.29, 1.82) is 0 Å². The number of carbonyl (C=O) groups excluding carboxylic acids is 3. The Kier molecular flexibility index (Phi) is 6.20. The topological polar surface area (TPSA) is 122 Å². The summed E-state index contributed by atoms with van der Waals surface area (Å²) in [7, 11) is 1.40. The highest BCUT2D eigenvalue weighted by molar-refractivity contribution is 5.93. The lowest BCUT2D eigenvalue weighted by atomic mass is 10.1. The maximum absolute atomic E-state index is 13.1. The zero-order chi connectivity index (χ0) is 18.4. The highest BCUT2D eigenvalue weighted by Gasteiger charge is 2.36. The number of amides is 3. The molecule has 0 aliphatic carbocycles. The molecule has 0 radical (unpaired) electrons. The van der Waals surface area contributed by atoms with Crippen molar-refractivity contribution < 1.29 is 23.5 Å². The van der Waals surface area contributed by atoms with E-state index in [1.54, 1.807) is 6.92 Å². The summed E-state index contributed by atoms with van der Waals surface area (Å²) in [6, 6.07) is 0.438. The number of carbonyl (C=O) groups is 3. The molecule has 1 aromatic heterocycles. The molecule has 2 heterocycles. The van der Waals surface area contributed by atoms with Gasteiger partial charge in [0.2, 0.25) is 5.91 Å². The monoisotopic (exact) mass is 353 g/mol. The largest absolute Gasteiger partial charge is 0.467 e. The van der Waals surface area contributed by atoms with Crippen molar-refractivity contribution in [3.05, 3.63) is 18.0 Å². The minimum absolute atomic E-state index is 0.0954. The molecule has 3 N–H and O–H groups in total. The van der Waals surface area contributed by atoms with Crippen molar-refractivity contribution in [3.8, 4) is 6.01 Å². The molecule has 3 atom stereocenters. The van der Waals surface area contributed by atoms with Crippen LogP contribution in [0.25, 0.3) is 0 Å². The number of alkyl halides is 1.